The van der Waals surface area contributed by atoms with Crippen LogP contribution >= 0.6 is 0 Å². The van der Waals surface area contributed by atoms with Crippen LogP contribution in [0.1, 0.15) is 91.5 Å². The molecule has 0 saturated carbocycles. The Morgan fingerprint density at radius 3 is 2.21 bits per heavy atom. The van der Waals surface area contributed by atoms with Gasteiger partial charge in [-0.25, -0.2) is 4.98 Å². The molecule has 0 bridgehead atoms. The number of hydrogen-bond acceptors (Lipinski definition) is 4. The van der Waals surface area contributed by atoms with E-state index in [1.165, 1.54) is 24.4 Å². The Morgan fingerprint density at radius 1 is 0.737 bits per heavy atom. The van der Waals surface area contributed by atoms with Gasteiger partial charge in [-0.05, 0) is 95.5 Å². The van der Waals surface area contributed by atoms with Crippen molar-refractivity contribution < 1.29 is 42.3 Å². The fourth-order valence-electron chi connectivity index (χ4n) is 6.44. The number of aromatic nitrogens is 3. The van der Waals surface area contributed by atoms with Crippen LogP contribution in [0, 0.1) is 45.0 Å². The van der Waals surface area contributed by atoms with Crippen LogP contribution in [-0.2, 0) is 38.3 Å². The standard InChI is InChI=1S/C29H27N2O.C23H24N.Ir/c1-18-9-12-22(13-10-18)29(4,5)16-21-15-26(30-17-19(21)2)25-8-6-7-23-24-14-11-20(3)31-28(24)32-27(23)25;1-17-10-12-20(14-21(17)19-8-6-5-7-9-19)22-13-11-18(16-24-22)15-23(2,3)4;/h6-7,9-15,17H,16H2,1-5H3;5-11,13-14,16H,15H2,1-4H3;/q2*-1;/i2D3,3D3,16D2;1D3,15D2;. The van der Waals surface area contributed by atoms with Gasteiger partial charge in [-0.1, -0.05) is 136 Å². The van der Waals surface area contributed by atoms with Crippen molar-refractivity contribution in [2.24, 2.45) is 5.41 Å². The van der Waals surface area contributed by atoms with Crippen LogP contribution in [0.4, 0.5) is 0 Å². The maximum absolute atomic E-state index is 9.27. The Balaban J connectivity index is 0.000000238. The van der Waals surface area contributed by atoms with Crippen LogP contribution < -0.4 is 0 Å². The third-order valence-electron chi connectivity index (χ3n) is 9.27. The van der Waals surface area contributed by atoms with E-state index < -0.39 is 44.1 Å². The van der Waals surface area contributed by atoms with E-state index in [-0.39, 0.29) is 53.9 Å². The molecule has 0 aliphatic heterocycles. The molecule has 4 nitrogen and oxygen atoms in total. The van der Waals surface area contributed by atoms with Gasteiger partial charge in [0.15, 0.2) is 0 Å². The van der Waals surface area contributed by atoms with Crippen molar-refractivity contribution in [3.05, 3.63) is 173 Å². The number of nitrogens with zero attached hydrogens (tertiary/aromatic N) is 3. The third kappa shape index (κ3) is 9.67. The molecule has 1 radical (unpaired) electrons. The van der Waals surface area contributed by atoms with Crippen LogP contribution in [0.25, 0.3) is 55.7 Å². The second-order valence-electron chi connectivity index (χ2n) is 15.3. The quantitative estimate of drug-likeness (QED) is 0.149. The van der Waals surface area contributed by atoms with Crippen molar-refractivity contribution in [1.29, 1.82) is 0 Å². The van der Waals surface area contributed by atoms with E-state index in [0.29, 0.717) is 44.3 Å². The Labute approximate surface area is 370 Å². The van der Waals surface area contributed by atoms with Gasteiger partial charge in [-0.3, -0.25) is 0 Å². The number of benzene rings is 4. The van der Waals surface area contributed by atoms with Crippen molar-refractivity contribution in [3.8, 4) is 33.6 Å². The predicted molar refractivity (Wildman–Crippen MR) is 233 cm³/mol. The summed E-state index contributed by atoms with van der Waals surface area (Å²) < 4.78 is 112. The van der Waals surface area contributed by atoms with Gasteiger partial charge in [-0.2, -0.15) is 0 Å². The molecule has 57 heavy (non-hydrogen) atoms. The number of rotatable bonds is 7. The Kier molecular flexibility index (Phi) is 8.23. The van der Waals surface area contributed by atoms with E-state index in [9.17, 15) is 2.74 Å². The van der Waals surface area contributed by atoms with Gasteiger partial charge in [0.05, 0.1) is 5.58 Å². The topological polar surface area (TPSA) is 51.8 Å². The first-order valence-electron chi connectivity index (χ1n) is 24.8. The second kappa shape index (κ2) is 17.1. The molecule has 5 heteroatoms. The first-order valence-corrected chi connectivity index (χ1v) is 18.3. The molecule has 0 unspecified atom stereocenters. The van der Waals surface area contributed by atoms with Gasteiger partial charge >= 0.3 is 0 Å². The average Bonchev–Trinajstić information content (AvgIpc) is 3.66. The number of furan rings is 1. The summed E-state index contributed by atoms with van der Waals surface area (Å²) in [4.78, 5) is 13.0. The van der Waals surface area contributed by atoms with E-state index in [0.717, 1.165) is 16.7 Å². The zero-order chi connectivity index (χ0) is 50.7. The summed E-state index contributed by atoms with van der Waals surface area (Å²) in [6, 6.07) is 37.8. The molecule has 0 saturated heterocycles. The molecule has 8 aromatic rings. The molecule has 4 aromatic carbocycles. The van der Waals surface area contributed by atoms with Crippen molar-refractivity contribution in [3.63, 3.8) is 0 Å². The third-order valence-corrected chi connectivity index (χ3v) is 9.27. The van der Waals surface area contributed by atoms with Crippen molar-refractivity contribution in [1.82, 2.24) is 15.0 Å². The number of pyridine rings is 3. The molecule has 0 spiro atoms. The van der Waals surface area contributed by atoms with Crippen LogP contribution in [0.2, 0.25) is 0 Å². The molecule has 0 N–H and O–H groups in total. The summed E-state index contributed by atoms with van der Waals surface area (Å²) in [6.07, 6.45) is -0.903. The van der Waals surface area contributed by atoms with Crippen molar-refractivity contribution in [2.45, 2.75) is 80.3 Å². The number of hydrogen-bond donors (Lipinski definition) is 0. The summed E-state index contributed by atoms with van der Waals surface area (Å²) in [7, 11) is 0. The minimum Gasteiger partial charge on any atom is -0.486 e. The maximum Gasteiger partial charge on any atom is 0.216 e. The molecule has 8 rings (SSSR count). The van der Waals surface area contributed by atoms with Crippen LogP contribution in [-0.4, -0.2) is 15.0 Å². The number of fused-ring (bicyclic) bond motifs is 3. The molecule has 0 aliphatic carbocycles. The van der Waals surface area contributed by atoms with E-state index in [4.69, 9.17) is 19.5 Å². The number of aryl methyl sites for hydroxylation is 4. The fourth-order valence-corrected chi connectivity index (χ4v) is 6.44. The summed E-state index contributed by atoms with van der Waals surface area (Å²) in [5, 5.41) is 1.26. The molecule has 0 aliphatic rings. The Hall–Kier alpha value is -5.22. The van der Waals surface area contributed by atoms with Crippen LogP contribution in [0.15, 0.2) is 126 Å². The minimum absolute atomic E-state index is 0. The Bertz CT molecular complexity index is 3140. The van der Waals surface area contributed by atoms with Gasteiger partial charge in [0.25, 0.3) is 0 Å². The normalized spacial score (nSPS) is 16.1. The summed E-state index contributed by atoms with van der Waals surface area (Å²) in [5.41, 5.74) is 4.40. The molecular formula is C52H51IrN3O-2. The van der Waals surface area contributed by atoms with Gasteiger partial charge < -0.3 is 14.4 Å². The largest absolute Gasteiger partial charge is 0.486 e. The van der Waals surface area contributed by atoms with E-state index in [1.54, 1.807) is 56.4 Å². The fraction of sp³-hybridized carbons (Fsp3) is 0.250. The van der Waals surface area contributed by atoms with Gasteiger partial charge in [0.2, 0.25) is 5.71 Å². The smallest absolute Gasteiger partial charge is 0.216 e. The molecule has 4 aromatic heterocycles. The average molecular weight is 939 g/mol. The van der Waals surface area contributed by atoms with Crippen molar-refractivity contribution in [2.75, 3.05) is 0 Å². The summed E-state index contributed by atoms with van der Waals surface area (Å²) in [5.74, 6) is 0. The molecular weight excluding hydrogens is 875 g/mol. The molecule has 0 fully saturated rings. The molecule has 291 valence electrons. The van der Waals surface area contributed by atoms with Crippen molar-refractivity contribution >= 4 is 22.1 Å². The summed E-state index contributed by atoms with van der Waals surface area (Å²) in [6.45, 7) is 3.75. The predicted octanol–water partition coefficient (Wildman–Crippen LogP) is 13.4. The molecule has 0 atom stereocenters. The van der Waals surface area contributed by atoms with E-state index in [2.05, 4.69) is 27.1 Å². The first-order chi connectivity index (χ1) is 31.9. The van der Waals surface area contributed by atoms with E-state index >= 15 is 0 Å². The minimum atomic E-state index is -2.61. The Morgan fingerprint density at radius 2 is 1.51 bits per heavy atom. The summed E-state index contributed by atoms with van der Waals surface area (Å²) >= 11 is 0. The molecule has 4 heterocycles. The van der Waals surface area contributed by atoms with E-state index in [1.807, 2.05) is 82.3 Å². The van der Waals surface area contributed by atoms with Crippen LogP contribution in [0.3, 0.4) is 0 Å². The second-order valence-corrected chi connectivity index (χ2v) is 15.3. The first kappa shape index (κ1) is 27.4. The monoisotopic (exact) mass is 939 g/mol. The zero-order valence-electron chi connectivity index (χ0n) is 45.6. The maximum atomic E-state index is 9.27. The van der Waals surface area contributed by atoms with Gasteiger partial charge in [0.1, 0.15) is 0 Å². The molecule has 0 amide bonds. The van der Waals surface area contributed by atoms with Gasteiger partial charge in [0, 0.05) is 61.4 Å². The van der Waals surface area contributed by atoms with Gasteiger partial charge in [-0.15, -0.1) is 47.5 Å². The zero-order valence-corrected chi connectivity index (χ0v) is 35.0. The SMILES string of the molecule is [2H]C([2H])([2H])c1c[c-]c(-c2ccc(C([2H])([2H])C(C)(C)C)cn2)cc1-c1ccccc1.[2H]C([2H])([2H])c1ccc2c(n1)oc1c(-c3cc(C([2H])([2H])C(C)(C)c4ccc(C)cc4)c(C([2H])([2H])[2H])cn3)[c-]ccc12.[Ir]. The van der Waals surface area contributed by atoms with Crippen LogP contribution in [0.5, 0.6) is 0 Å².